The van der Waals surface area contributed by atoms with Crippen molar-refractivity contribution in [2.75, 3.05) is 20.8 Å². The van der Waals surface area contributed by atoms with E-state index >= 15 is 0 Å². The van der Waals surface area contributed by atoms with Gasteiger partial charge in [-0.25, -0.2) is 4.79 Å². The Morgan fingerprint density at radius 3 is 2.51 bits per heavy atom. The number of aromatic nitrogens is 1. The maximum atomic E-state index is 13.4. The van der Waals surface area contributed by atoms with E-state index < -0.39 is 17.4 Å². The van der Waals surface area contributed by atoms with Gasteiger partial charge in [-0.2, -0.15) is 5.26 Å². The minimum absolute atomic E-state index is 0.0186. The molecule has 0 radical (unpaired) electrons. The molecule has 8 nitrogen and oxygen atoms in total. The molecule has 178 valence electrons. The van der Waals surface area contributed by atoms with Gasteiger partial charge in [0.05, 0.1) is 48.5 Å². The summed E-state index contributed by atoms with van der Waals surface area (Å²) in [6.07, 6.45) is 1.70. The van der Waals surface area contributed by atoms with E-state index in [-0.39, 0.29) is 23.6 Å². The number of nitrogens with zero attached hydrogens (tertiary/aromatic N) is 2. The molecule has 4 rings (SSSR count). The molecule has 0 bridgehead atoms. The molecular formula is C26H23N3O5S. The fraction of sp³-hybridized carbons (Fsp3) is 0.192. The Labute approximate surface area is 205 Å². The van der Waals surface area contributed by atoms with E-state index in [1.165, 1.54) is 11.7 Å². The number of benzene rings is 2. The summed E-state index contributed by atoms with van der Waals surface area (Å²) in [5.74, 6) is -0.263. The zero-order valence-corrected chi connectivity index (χ0v) is 20.2. The summed E-state index contributed by atoms with van der Waals surface area (Å²) in [7, 11) is 3.09. The Bertz CT molecular complexity index is 1560. The van der Waals surface area contributed by atoms with E-state index in [1.807, 2.05) is 12.1 Å². The molecular weight excluding hydrogens is 466 g/mol. The molecule has 3 aromatic rings. The summed E-state index contributed by atoms with van der Waals surface area (Å²) in [6, 6.07) is 16.4. The minimum atomic E-state index is -0.822. The van der Waals surface area contributed by atoms with E-state index in [0.717, 1.165) is 16.9 Å². The van der Waals surface area contributed by atoms with Gasteiger partial charge in [-0.1, -0.05) is 24.3 Å². The molecule has 35 heavy (non-hydrogen) atoms. The minimum Gasteiger partial charge on any atom is -0.497 e. The van der Waals surface area contributed by atoms with Crippen molar-refractivity contribution in [1.29, 1.82) is 5.26 Å². The first kappa shape index (κ1) is 23.9. The molecule has 1 aromatic heterocycles. The van der Waals surface area contributed by atoms with Crippen LogP contribution in [-0.4, -0.2) is 31.4 Å². The lowest BCUT2D eigenvalue weighted by atomic mass is 9.84. The number of esters is 1. The molecule has 0 aliphatic carbocycles. The van der Waals surface area contributed by atoms with Crippen LogP contribution in [0.4, 0.5) is 0 Å². The lowest BCUT2D eigenvalue weighted by Crippen LogP contribution is -2.40. The number of nitriles is 1. The summed E-state index contributed by atoms with van der Waals surface area (Å²) >= 11 is 1.12. The van der Waals surface area contributed by atoms with Crippen molar-refractivity contribution in [3.63, 3.8) is 0 Å². The number of allylic oxidation sites excluding steroid dienone is 1. The number of ether oxygens (including phenoxy) is 3. The molecule has 0 saturated carbocycles. The van der Waals surface area contributed by atoms with Gasteiger partial charge in [0.25, 0.3) is 5.56 Å². The van der Waals surface area contributed by atoms with Crippen LogP contribution in [0.2, 0.25) is 0 Å². The van der Waals surface area contributed by atoms with Gasteiger partial charge >= 0.3 is 5.97 Å². The molecule has 2 heterocycles. The highest BCUT2D eigenvalue weighted by Gasteiger charge is 2.36. The topological polar surface area (TPSA) is 117 Å². The smallest absolute Gasteiger partial charge is 0.338 e. The number of hydrogen-bond acceptors (Lipinski definition) is 8. The highest BCUT2D eigenvalue weighted by Crippen LogP contribution is 2.37. The molecule has 0 amide bonds. The van der Waals surface area contributed by atoms with Crippen LogP contribution in [0.3, 0.4) is 0 Å². The Balaban J connectivity index is 2.07. The number of carbonyl (C=O) groups excluding carboxylic acids is 1. The fourth-order valence-electron chi connectivity index (χ4n) is 3.99. The summed E-state index contributed by atoms with van der Waals surface area (Å²) in [4.78, 5) is 26.6. The highest BCUT2D eigenvalue weighted by atomic mass is 32.1. The van der Waals surface area contributed by atoms with Gasteiger partial charge < -0.3 is 19.9 Å². The maximum Gasteiger partial charge on any atom is 0.338 e. The van der Waals surface area contributed by atoms with Crippen LogP contribution >= 0.6 is 11.3 Å². The van der Waals surface area contributed by atoms with Crippen LogP contribution in [0.1, 0.15) is 24.0 Å². The van der Waals surface area contributed by atoms with Gasteiger partial charge in [0.15, 0.2) is 0 Å². The van der Waals surface area contributed by atoms with Crippen molar-refractivity contribution < 1.29 is 19.0 Å². The van der Waals surface area contributed by atoms with Crippen molar-refractivity contribution in [2.24, 2.45) is 5.73 Å². The first-order valence-corrected chi connectivity index (χ1v) is 11.6. The Hall–Kier alpha value is -4.29. The Morgan fingerprint density at radius 2 is 1.86 bits per heavy atom. The molecule has 1 atom stereocenters. The number of hydrogen-bond donors (Lipinski definition) is 1. The molecule has 0 unspecified atom stereocenters. The van der Waals surface area contributed by atoms with E-state index in [0.29, 0.717) is 26.3 Å². The summed E-state index contributed by atoms with van der Waals surface area (Å²) in [5.41, 5.74) is 7.59. The summed E-state index contributed by atoms with van der Waals surface area (Å²) < 4.78 is 17.9. The molecule has 0 spiro atoms. The second-order valence-electron chi connectivity index (χ2n) is 7.59. The van der Waals surface area contributed by atoms with Crippen molar-refractivity contribution in [3.8, 4) is 17.6 Å². The SMILES string of the molecule is CCOC(=O)C1=c2s/c(=C\c3cccc(OC)c3)c(=O)n2C(N)=C(C#N)[C@@H]1c1cccc(OC)c1. The number of rotatable bonds is 6. The Kier molecular flexibility index (Phi) is 6.75. The van der Waals surface area contributed by atoms with E-state index in [1.54, 1.807) is 56.5 Å². The first-order valence-electron chi connectivity index (χ1n) is 10.8. The van der Waals surface area contributed by atoms with Gasteiger partial charge in [-0.05, 0) is 48.4 Å². The first-order chi connectivity index (χ1) is 16.9. The van der Waals surface area contributed by atoms with Crippen LogP contribution in [0, 0.1) is 11.3 Å². The average molecular weight is 490 g/mol. The van der Waals surface area contributed by atoms with E-state index in [9.17, 15) is 14.9 Å². The van der Waals surface area contributed by atoms with Crippen LogP contribution in [0.5, 0.6) is 11.5 Å². The normalized spacial score (nSPS) is 15.4. The van der Waals surface area contributed by atoms with Crippen LogP contribution in [0.25, 0.3) is 17.5 Å². The standard InChI is InChI=1S/C26H23N3O5S/c1-4-34-26(31)22-21(16-8-6-10-18(13-16)33-3)19(14-27)23(28)29-24(30)20(35-25(22)29)12-15-7-5-9-17(11-15)32-2/h5-13,21H,4,28H2,1-3H3/b20-12-/t21-/m0/s1. The zero-order valence-electron chi connectivity index (χ0n) is 19.4. The molecule has 1 aliphatic heterocycles. The molecule has 2 N–H and O–H groups in total. The zero-order chi connectivity index (χ0) is 25.1. The predicted molar refractivity (Wildman–Crippen MR) is 133 cm³/mol. The van der Waals surface area contributed by atoms with Crippen molar-refractivity contribution in [2.45, 2.75) is 12.8 Å². The van der Waals surface area contributed by atoms with Crippen molar-refractivity contribution in [1.82, 2.24) is 4.57 Å². The third-order valence-electron chi connectivity index (χ3n) is 5.58. The lowest BCUT2D eigenvalue weighted by Gasteiger charge is -2.25. The third-order valence-corrected chi connectivity index (χ3v) is 6.69. The predicted octanol–water partition coefficient (Wildman–Crippen LogP) is 1.92. The maximum absolute atomic E-state index is 13.4. The second-order valence-corrected chi connectivity index (χ2v) is 8.62. The summed E-state index contributed by atoms with van der Waals surface area (Å²) in [5, 5.41) is 10.0. The number of nitrogens with two attached hydrogens (primary N) is 1. The molecule has 0 saturated heterocycles. The summed E-state index contributed by atoms with van der Waals surface area (Å²) in [6.45, 7) is 1.83. The molecule has 2 aromatic carbocycles. The third kappa shape index (κ3) is 4.32. The monoisotopic (exact) mass is 489 g/mol. The largest absolute Gasteiger partial charge is 0.497 e. The molecule has 9 heteroatoms. The molecule has 1 aliphatic rings. The van der Waals surface area contributed by atoms with Crippen molar-refractivity contribution >= 4 is 34.8 Å². The van der Waals surface area contributed by atoms with Crippen LogP contribution < -0.4 is 30.0 Å². The van der Waals surface area contributed by atoms with E-state index in [2.05, 4.69) is 6.07 Å². The van der Waals surface area contributed by atoms with Gasteiger partial charge in [0.1, 0.15) is 22.0 Å². The second kappa shape index (κ2) is 9.91. The van der Waals surface area contributed by atoms with Gasteiger partial charge in [-0.15, -0.1) is 11.3 Å². The molecule has 0 fully saturated rings. The van der Waals surface area contributed by atoms with Gasteiger partial charge in [0.2, 0.25) is 0 Å². The van der Waals surface area contributed by atoms with Crippen molar-refractivity contribution in [3.05, 3.63) is 84.8 Å². The number of thiazole rings is 1. The van der Waals surface area contributed by atoms with Gasteiger partial charge in [-0.3, -0.25) is 9.36 Å². The van der Waals surface area contributed by atoms with Crippen LogP contribution in [0.15, 0.2) is 58.9 Å². The quantitative estimate of drug-likeness (QED) is 0.526. The lowest BCUT2D eigenvalue weighted by molar-refractivity contribution is -0.136. The number of carbonyl (C=O) groups is 1. The highest BCUT2D eigenvalue weighted by molar-refractivity contribution is 7.07. The average Bonchev–Trinajstić information content (AvgIpc) is 3.19. The van der Waals surface area contributed by atoms with Crippen LogP contribution in [-0.2, 0) is 9.53 Å². The number of methoxy groups -OCH3 is 2. The number of fused-ring (bicyclic) bond motifs is 1. The Morgan fingerprint density at radius 1 is 1.17 bits per heavy atom. The van der Waals surface area contributed by atoms with Gasteiger partial charge in [0, 0.05) is 0 Å². The fourth-order valence-corrected chi connectivity index (χ4v) is 5.16. The van der Waals surface area contributed by atoms with E-state index in [4.69, 9.17) is 19.9 Å².